The van der Waals surface area contributed by atoms with Gasteiger partial charge in [0.15, 0.2) is 4.60 Å². The molecule has 0 aliphatic carbocycles. The summed E-state index contributed by atoms with van der Waals surface area (Å²) in [4.78, 5) is 0. The van der Waals surface area contributed by atoms with E-state index in [0.717, 1.165) is 18.4 Å². The topological polar surface area (TPSA) is 76.9 Å². The Labute approximate surface area is 126 Å². The van der Waals surface area contributed by atoms with Crippen molar-refractivity contribution in [3.05, 3.63) is 34.4 Å². The fourth-order valence-corrected chi connectivity index (χ4v) is 4.11. The smallest absolute Gasteiger partial charge is 0.278 e. The van der Waals surface area contributed by atoms with E-state index in [2.05, 4.69) is 31.0 Å². The molecule has 0 unspecified atom stereocenters. The highest BCUT2D eigenvalue weighted by Gasteiger charge is 2.24. The number of hydrogen-bond donors (Lipinski definition) is 1. The molecule has 108 valence electrons. The van der Waals surface area contributed by atoms with Crippen LogP contribution >= 0.6 is 15.9 Å². The molecule has 1 N–H and O–H groups in total. The third kappa shape index (κ3) is 3.01. The van der Waals surface area contributed by atoms with Gasteiger partial charge in [-0.15, -0.1) is 5.10 Å². The molecule has 1 heterocycles. The zero-order valence-corrected chi connectivity index (χ0v) is 13.6. The highest BCUT2D eigenvalue weighted by atomic mass is 79.9. The molecule has 0 saturated carbocycles. The Kier molecular flexibility index (Phi) is 4.44. The second-order valence-electron chi connectivity index (χ2n) is 4.32. The zero-order valence-electron chi connectivity index (χ0n) is 11.2. The van der Waals surface area contributed by atoms with Crippen molar-refractivity contribution in [3.8, 4) is 0 Å². The SMILES string of the molecule is CCCc1ccccc1NS(=O)(=O)c1c(Br)nnn1C. The standard InChI is InChI=1S/C12H15BrN4O2S/c1-3-6-9-7-4-5-8-10(9)15-20(18,19)12-11(13)14-16-17(12)2/h4-5,7-8,15H,3,6H2,1-2H3. The molecule has 0 aliphatic rings. The van der Waals surface area contributed by atoms with Gasteiger partial charge in [0.2, 0.25) is 5.03 Å². The lowest BCUT2D eigenvalue weighted by molar-refractivity contribution is 0.578. The number of benzene rings is 1. The molecule has 20 heavy (non-hydrogen) atoms. The molecule has 0 bridgehead atoms. The van der Waals surface area contributed by atoms with Gasteiger partial charge in [0, 0.05) is 7.05 Å². The molecule has 8 heteroatoms. The Morgan fingerprint density at radius 2 is 2.05 bits per heavy atom. The van der Waals surface area contributed by atoms with Crippen LogP contribution in [-0.2, 0) is 23.5 Å². The normalized spacial score (nSPS) is 11.6. The molecule has 1 aromatic carbocycles. The lowest BCUT2D eigenvalue weighted by Crippen LogP contribution is -2.18. The highest BCUT2D eigenvalue weighted by Crippen LogP contribution is 2.24. The van der Waals surface area contributed by atoms with Crippen LogP contribution in [0.2, 0.25) is 0 Å². The van der Waals surface area contributed by atoms with Gasteiger partial charge in [-0.2, -0.15) is 8.42 Å². The number of sulfonamides is 1. The quantitative estimate of drug-likeness (QED) is 0.889. The number of anilines is 1. The molecular weight excluding hydrogens is 344 g/mol. The maximum atomic E-state index is 12.4. The van der Waals surface area contributed by atoms with Gasteiger partial charge in [-0.25, -0.2) is 4.68 Å². The van der Waals surface area contributed by atoms with Crippen molar-refractivity contribution in [2.45, 2.75) is 24.8 Å². The van der Waals surface area contributed by atoms with Crippen molar-refractivity contribution in [1.29, 1.82) is 0 Å². The summed E-state index contributed by atoms with van der Waals surface area (Å²) >= 11 is 3.10. The van der Waals surface area contributed by atoms with Gasteiger partial charge in [-0.1, -0.05) is 36.8 Å². The molecule has 0 radical (unpaired) electrons. The number of nitrogens with one attached hydrogen (secondary N) is 1. The first-order valence-corrected chi connectivity index (χ1v) is 8.39. The number of rotatable bonds is 5. The summed E-state index contributed by atoms with van der Waals surface area (Å²) in [5.74, 6) is 0. The van der Waals surface area contributed by atoms with Crippen molar-refractivity contribution < 1.29 is 8.42 Å². The molecule has 0 fully saturated rings. The van der Waals surface area contributed by atoms with Gasteiger partial charge in [0.1, 0.15) is 0 Å². The molecule has 6 nitrogen and oxygen atoms in total. The fourth-order valence-electron chi connectivity index (χ4n) is 1.91. The van der Waals surface area contributed by atoms with Gasteiger partial charge < -0.3 is 0 Å². The van der Waals surface area contributed by atoms with Crippen LogP contribution < -0.4 is 4.72 Å². The van der Waals surface area contributed by atoms with Crippen molar-refractivity contribution in [2.75, 3.05) is 4.72 Å². The Morgan fingerprint density at radius 3 is 2.65 bits per heavy atom. The molecule has 0 aliphatic heterocycles. The molecule has 2 aromatic rings. The van der Waals surface area contributed by atoms with Crippen LogP contribution in [0.5, 0.6) is 0 Å². The van der Waals surface area contributed by atoms with Crippen LogP contribution in [0.4, 0.5) is 5.69 Å². The van der Waals surface area contributed by atoms with E-state index in [-0.39, 0.29) is 9.63 Å². The van der Waals surface area contributed by atoms with E-state index >= 15 is 0 Å². The molecule has 0 spiro atoms. The zero-order chi connectivity index (χ0) is 14.8. The predicted molar refractivity (Wildman–Crippen MR) is 79.9 cm³/mol. The van der Waals surface area contributed by atoms with Gasteiger partial charge in [0.25, 0.3) is 10.0 Å². The maximum absolute atomic E-state index is 12.4. The van der Waals surface area contributed by atoms with E-state index in [9.17, 15) is 8.42 Å². The summed E-state index contributed by atoms with van der Waals surface area (Å²) in [6, 6.07) is 7.36. The maximum Gasteiger partial charge on any atom is 0.281 e. The Balaban J connectivity index is 2.39. The summed E-state index contributed by atoms with van der Waals surface area (Å²) in [5, 5.41) is 7.38. The average Bonchev–Trinajstić information content (AvgIpc) is 2.72. The first kappa shape index (κ1) is 15.0. The summed E-state index contributed by atoms with van der Waals surface area (Å²) in [5.41, 5.74) is 1.55. The first-order chi connectivity index (χ1) is 9.45. The van der Waals surface area contributed by atoms with Gasteiger partial charge in [-0.05, 0) is 34.0 Å². The summed E-state index contributed by atoms with van der Waals surface area (Å²) in [6.45, 7) is 2.05. The van der Waals surface area contributed by atoms with Crippen molar-refractivity contribution >= 4 is 31.6 Å². The summed E-state index contributed by atoms with van der Waals surface area (Å²) < 4.78 is 28.8. The summed E-state index contributed by atoms with van der Waals surface area (Å²) in [6.07, 6.45) is 1.75. The van der Waals surface area contributed by atoms with Crippen LogP contribution in [0.25, 0.3) is 0 Å². The molecular formula is C12H15BrN4O2S. The minimum atomic E-state index is -3.73. The number of para-hydroxylation sites is 1. The van der Waals surface area contributed by atoms with Crippen LogP contribution in [0.3, 0.4) is 0 Å². The monoisotopic (exact) mass is 358 g/mol. The molecule has 1 aromatic heterocycles. The third-order valence-corrected chi connectivity index (χ3v) is 5.02. The van der Waals surface area contributed by atoms with E-state index in [4.69, 9.17) is 0 Å². The van der Waals surface area contributed by atoms with Gasteiger partial charge in [0.05, 0.1) is 5.69 Å². The van der Waals surface area contributed by atoms with Crippen LogP contribution in [-0.4, -0.2) is 23.4 Å². The molecule has 0 atom stereocenters. The van der Waals surface area contributed by atoms with Gasteiger partial charge in [-0.3, -0.25) is 4.72 Å². The number of aryl methyl sites for hydroxylation is 2. The largest absolute Gasteiger partial charge is 0.281 e. The van der Waals surface area contributed by atoms with Crippen LogP contribution in [0.1, 0.15) is 18.9 Å². The average molecular weight is 359 g/mol. The van der Waals surface area contributed by atoms with Crippen molar-refractivity contribution in [1.82, 2.24) is 15.0 Å². The van der Waals surface area contributed by atoms with E-state index < -0.39 is 10.0 Å². The van der Waals surface area contributed by atoms with Gasteiger partial charge >= 0.3 is 0 Å². The van der Waals surface area contributed by atoms with E-state index in [1.54, 1.807) is 12.1 Å². The number of hydrogen-bond acceptors (Lipinski definition) is 4. The molecule has 0 saturated heterocycles. The third-order valence-electron chi connectivity index (χ3n) is 2.77. The minimum Gasteiger partial charge on any atom is -0.278 e. The van der Waals surface area contributed by atoms with Crippen LogP contribution in [0, 0.1) is 0 Å². The van der Waals surface area contributed by atoms with Crippen molar-refractivity contribution in [2.24, 2.45) is 7.05 Å². The predicted octanol–water partition coefficient (Wildman–Crippen LogP) is 2.33. The lowest BCUT2D eigenvalue weighted by Gasteiger charge is -2.12. The summed E-state index contributed by atoms with van der Waals surface area (Å²) in [7, 11) is -2.20. The number of nitrogens with zero attached hydrogens (tertiary/aromatic N) is 3. The first-order valence-electron chi connectivity index (χ1n) is 6.11. The second-order valence-corrected chi connectivity index (χ2v) is 6.67. The molecule has 2 rings (SSSR count). The fraction of sp³-hybridized carbons (Fsp3) is 0.333. The Bertz CT molecular complexity index is 692. The minimum absolute atomic E-state index is 0.00352. The Hall–Kier alpha value is -1.41. The second kappa shape index (κ2) is 5.92. The van der Waals surface area contributed by atoms with E-state index in [0.29, 0.717) is 5.69 Å². The number of aromatic nitrogens is 3. The number of halogens is 1. The van der Waals surface area contributed by atoms with Crippen LogP contribution in [0.15, 0.2) is 33.9 Å². The van der Waals surface area contributed by atoms with E-state index in [1.807, 2.05) is 19.1 Å². The van der Waals surface area contributed by atoms with E-state index in [1.165, 1.54) is 11.7 Å². The van der Waals surface area contributed by atoms with Crippen molar-refractivity contribution in [3.63, 3.8) is 0 Å². The highest BCUT2D eigenvalue weighted by molar-refractivity contribution is 9.10. The lowest BCUT2D eigenvalue weighted by atomic mass is 10.1. The Morgan fingerprint density at radius 1 is 1.35 bits per heavy atom. The molecule has 0 amide bonds.